The first-order valence-electron chi connectivity index (χ1n) is 6.35. The van der Waals surface area contributed by atoms with Crippen molar-refractivity contribution >= 4 is 28.8 Å². The Morgan fingerprint density at radius 2 is 2.37 bits per heavy atom. The lowest BCUT2D eigenvalue weighted by molar-refractivity contribution is -0.118. The Morgan fingerprint density at radius 1 is 1.53 bits per heavy atom. The largest absolute Gasteiger partial charge is 0.355 e. The van der Waals surface area contributed by atoms with Crippen LogP contribution in [0, 0.1) is 5.92 Å². The number of pyridine rings is 1. The van der Waals surface area contributed by atoms with Gasteiger partial charge in [0.25, 0.3) is 0 Å². The molecule has 1 amide bonds. The van der Waals surface area contributed by atoms with Crippen molar-refractivity contribution in [2.24, 2.45) is 5.92 Å². The highest BCUT2D eigenvalue weighted by molar-refractivity contribution is 7.99. The maximum Gasteiger partial charge on any atom is 0.230 e. The smallest absolute Gasteiger partial charge is 0.230 e. The quantitative estimate of drug-likeness (QED) is 0.795. The van der Waals surface area contributed by atoms with Gasteiger partial charge in [0, 0.05) is 12.7 Å². The van der Waals surface area contributed by atoms with E-state index in [0.717, 1.165) is 23.6 Å². The van der Waals surface area contributed by atoms with Gasteiger partial charge >= 0.3 is 0 Å². The van der Waals surface area contributed by atoms with Gasteiger partial charge in [-0.25, -0.2) is 9.97 Å². The van der Waals surface area contributed by atoms with E-state index in [0.29, 0.717) is 17.3 Å². The Labute approximate surface area is 116 Å². The van der Waals surface area contributed by atoms with Crippen molar-refractivity contribution in [2.75, 3.05) is 12.3 Å². The molecule has 0 aliphatic rings. The zero-order valence-corrected chi connectivity index (χ0v) is 12.0. The molecule has 0 spiro atoms. The third kappa shape index (κ3) is 4.24. The Morgan fingerprint density at radius 3 is 3.11 bits per heavy atom. The summed E-state index contributed by atoms with van der Waals surface area (Å²) in [5.74, 6) is 1.02. The summed E-state index contributed by atoms with van der Waals surface area (Å²) in [6.07, 6.45) is 2.71. The lowest BCUT2D eigenvalue weighted by Gasteiger charge is -2.06. The molecule has 2 rings (SSSR count). The molecule has 6 heteroatoms. The number of rotatable bonds is 6. The van der Waals surface area contributed by atoms with Gasteiger partial charge in [-0.2, -0.15) is 0 Å². The number of amides is 1. The third-order valence-corrected chi connectivity index (χ3v) is 3.49. The molecule has 0 radical (unpaired) electrons. The van der Waals surface area contributed by atoms with Crippen LogP contribution in [0.2, 0.25) is 0 Å². The number of carbonyl (C=O) groups excluding carboxylic acids is 1. The van der Waals surface area contributed by atoms with Gasteiger partial charge in [-0.1, -0.05) is 25.6 Å². The summed E-state index contributed by atoms with van der Waals surface area (Å²) in [6, 6.07) is 3.77. The van der Waals surface area contributed by atoms with E-state index < -0.39 is 0 Å². The van der Waals surface area contributed by atoms with Crippen LogP contribution in [-0.4, -0.2) is 33.2 Å². The molecule has 0 saturated carbocycles. The van der Waals surface area contributed by atoms with Crippen LogP contribution < -0.4 is 5.32 Å². The molecule has 0 atom stereocenters. The van der Waals surface area contributed by atoms with Gasteiger partial charge in [0.15, 0.2) is 10.8 Å². The minimum absolute atomic E-state index is 0.0408. The second kappa shape index (κ2) is 6.56. The highest BCUT2D eigenvalue weighted by Crippen LogP contribution is 2.17. The van der Waals surface area contributed by atoms with Gasteiger partial charge in [0.1, 0.15) is 0 Å². The third-order valence-electron chi connectivity index (χ3n) is 2.62. The number of carbonyl (C=O) groups is 1. The molecule has 5 nitrogen and oxygen atoms in total. The fraction of sp³-hybridized carbons (Fsp3) is 0.462. The monoisotopic (exact) mass is 278 g/mol. The summed E-state index contributed by atoms with van der Waals surface area (Å²) < 4.78 is 0. The van der Waals surface area contributed by atoms with Gasteiger partial charge in [0.05, 0.1) is 11.3 Å². The molecule has 0 fully saturated rings. The van der Waals surface area contributed by atoms with Crippen LogP contribution in [0.4, 0.5) is 0 Å². The number of hydrogen-bond acceptors (Lipinski definition) is 4. The van der Waals surface area contributed by atoms with E-state index in [-0.39, 0.29) is 5.91 Å². The fourth-order valence-electron chi connectivity index (χ4n) is 1.58. The molecule has 0 aliphatic carbocycles. The summed E-state index contributed by atoms with van der Waals surface area (Å²) in [7, 11) is 0. The number of thioether (sulfide) groups is 1. The molecule has 0 aliphatic heterocycles. The number of hydrogen-bond donors (Lipinski definition) is 2. The Hall–Kier alpha value is -1.56. The normalized spacial score (nSPS) is 11.1. The van der Waals surface area contributed by atoms with E-state index >= 15 is 0 Å². The number of aromatic nitrogens is 3. The summed E-state index contributed by atoms with van der Waals surface area (Å²) >= 11 is 1.39. The standard InChI is InChI=1S/C13H18N4OS/c1-9(2)5-7-14-11(18)8-19-13-16-10-4-3-6-15-12(10)17-13/h3-4,6,9H,5,7-8H2,1-2H3,(H,14,18)(H,15,16,17). The van der Waals surface area contributed by atoms with Crippen molar-refractivity contribution < 1.29 is 4.79 Å². The van der Waals surface area contributed by atoms with E-state index in [1.807, 2.05) is 12.1 Å². The predicted octanol–water partition coefficient (Wildman–Crippen LogP) is 2.21. The number of nitrogens with zero attached hydrogens (tertiary/aromatic N) is 2. The number of nitrogens with one attached hydrogen (secondary N) is 2. The summed E-state index contributed by atoms with van der Waals surface area (Å²) in [5, 5.41) is 3.63. The molecule has 0 bridgehead atoms. The molecule has 19 heavy (non-hydrogen) atoms. The van der Waals surface area contributed by atoms with Gasteiger partial charge in [-0.15, -0.1) is 0 Å². The molecule has 2 N–H and O–H groups in total. The van der Waals surface area contributed by atoms with Crippen LogP contribution in [0.3, 0.4) is 0 Å². The van der Waals surface area contributed by atoms with E-state index in [2.05, 4.69) is 34.1 Å². The lowest BCUT2D eigenvalue weighted by Crippen LogP contribution is -2.26. The average molecular weight is 278 g/mol. The molecule has 2 aromatic heterocycles. The molecule has 0 unspecified atom stereocenters. The topological polar surface area (TPSA) is 70.7 Å². The Balaban J connectivity index is 1.80. The number of H-pyrrole nitrogens is 1. The number of fused-ring (bicyclic) bond motifs is 1. The first-order valence-corrected chi connectivity index (χ1v) is 7.34. The van der Waals surface area contributed by atoms with E-state index in [1.165, 1.54) is 11.8 Å². The summed E-state index contributed by atoms with van der Waals surface area (Å²) in [5.41, 5.74) is 1.58. The van der Waals surface area contributed by atoms with E-state index in [1.54, 1.807) is 6.20 Å². The lowest BCUT2D eigenvalue weighted by atomic mass is 10.1. The minimum Gasteiger partial charge on any atom is -0.355 e. The van der Waals surface area contributed by atoms with Crippen LogP contribution in [0.5, 0.6) is 0 Å². The molecule has 2 aromatic rings. The van der Waals surface area contributed by atoms with Gasteiger partial charge in [-0.05, 0) is 24.5 Å². The number of imidazole rings is 1. The first-order chi connectivity index (χ1) is 9.15. The molecular formula is C13H18N4OS. The molecule has 2 heterocycles. The fourth-order valence-corrected chi connectivity index (χ4v) is 2.28. The van der Waals surface area contributed by atoms with E-state index in [9.17, 15) is 4.79 Å². The van der Waals surface area contributed by atoms with Crippen molar-refractivity contribution in [2.45, 2.75) is 25.4 Å². The molecule has 0 saturated heterocycles. The van der Waals surface area contributed by atoms with Crippen LogP contribution in [-0.2, 0) is 4.79 Å². The van der Waals surface area contributed by atoms with Crippen LogP contribution in [0.1, 0.15) is 20.3 Å². The molecule has 0 aromatic carbocycles. The van der Waals surface area contributed by atoms with Crippen LogP contribution in [0.15, 0.2) is 23.5 Å². The second-order valence-corrected chi connectivity index (χ2v) is 5.70. The summed E-state index contributed by atoms with van der Waals surface area (Å²) in [4.78, 5) is 23.2. The van der Waals surface area contributed by atoms with Crippen LogP contribution >= 0.6 is 11.8 Å². The van der Waals surface area contributed by atoms with E-state index in [4.69, 9.17) is 0 Å². The molecule has 102 valence electrons. The van der Waals surface area contributed by atoms with Crippen molar-refractivity contribution in [1.82, 2.24) is 20.3 Å². The number of aromatic amines is 1. The van der Waals surface area contributed by atoms with Gasteiger partial charge < -0.3 is 10.3 Å². The highest BCUT2D eigenvalue weighted by Gasteiger charge is 2.07. The van der Waals surface area contributed by atoms with Crippen molar-refractivity contribution in [1.29, 1.82) is 0 Å². The summed E-state index contributed by atoms with van der Waals surface area (Å²) in [6.45, 7) is 5.02. The van der Waals surface area contributed by atoms with Crippen molar-refractivity contribution in [3.8, 4) is 0 Å². The molecular weight excluding hydrogens is 260 g/mol. The first kappa shape index (κ1) is 13.9. The zero-order chi connectivity index (χ0) is 13.7. The van der Waals surface area contributed by atoms with Crippen molar-refractivity contribution in [3.05, 3.63) is 18.3 Å². The predicted molar refractivity (Wildman–Crippen MR) is 77.1 cm³/mol. The van der Waals surface area contributed by atoms with Gasteiger partial charge in [0.2, 0.25) is 5.91 Å². The van der Waals surface area contributed by atoms with Gasteiger partial charge in [-0.3, -0.25) is 4.79 Å². The zero-order valence-electron chi connectivity index (χ0n) is 11.1. The average Bonchev–Trinajstić information content (AvgIpc) is 2.78. The maximum absolute atomic E-state index is 11.6. The van der Waals surface area contributed by atoms with Crippen LogP contribution in [0.25, 0.3) is 11.2 Å². The maximum atomic E-state index is 11.6. The Kier molecular flexibility index (Phi) is 4.79. The second-order valence-electron chi connectivity index (χ2n) is 4.74. The highest BCUT2D eigenvalue weighted by atomic mass is 32.2. The Bertz CT molecular complexity index is 519. The minimum atomic E-state index is 0.0408. The van der Waals surface area contributed by atoms with Crippen molar-refractivity contribution in [3.63, 3.8) is 0 Å². The SMILES string of the molecule is CC(C)CCNC(=O)CSc1nc2ncccc2[nH]1.